The molecule has 94 valence electrons. The number of fused-ring (bicyclic) bond motifs is 5. The molecule has 0 aliphatic carbocycles. The fourth-order valence-electron chi connectivity index (χ4n) is 2.95. The van der Waals surface area contributed by atoms with Crippen molar-refractivity contribution in [3.63, 3.8) is 0 Å². The van der Waals surface area contributed by atoms with E-state index in [-0.39, 0.29) is 0 Å². The SMILES string of the molecule is c1ccc2c(c1)CCOCc1[nH]c3ccccc3c1-2. The Morgan fingerprint density at radius 2 is 1.79 bits per heavy atom. The molecule has 1 aliphatic rings. The molecule has 2 heterocycles. The van der Waals surface area contributed by atoms with Crippen molar-refractivity contribution in [3.05, 3.63) is 59.8 Å². The Morgan fingerprint density at radius 3 is 2.79 bits per heavy atom. The average molecular weight is 249 g/mol. The molecule has 0 saturated heterocycles. The highest BCUT2D eigenvalue weighted by molar-refractivity contribution is 5.98. The van der Waals surface area contributed by atoms with E-state index in [1.54, 1.807) is 0 Å². The van der Waals surface area contributed by atoms with E-state index < -0.39 is 0 Å². The van der Waals surface area contributed by atoms with Crippen molar-refractivity contribution >= 4 is 10.9 Å². The van der Waals surface area contributed by atoms with Crippen LogP contribution in [0.1, 0.15) is 11.3 Å². The molecule has 0 bridgehead atoms. The van der Waals surface area contributed by atoms with Crippen LogP contribution in [-0.2, 0) is 17.8 Å². The van der Waals surface area contributed by atoms with Gasteiger partial charge in [0.05, 0.1) is 13.2 Å². The fraction of sp³-hybridized carbons (Fsp3) is 0.176. The van der Waals surface area contributed by atoms with E-state index in [9.17, 15) is 0 Å². The first-order valence-electron chi connectivity index (χ1n) is 6.69. The van der Waals surface area contributed by atoms with E-state index in [0.717, 1.165) is 13.0 Å². The summed E-state index contributed by atoms with van der Waals surface area (Å²) in [4.78, 5) is 3.50. The Hall–Kier alpha value is -2.06. The number of hydrogen-bond donors (Lipinski definition) is 1. The Labute approximate surface area is 112 Å². The highest BCUT2D eigenvalue weighted by Gasteiger charge is 2.17. The Kier molecular flexibility index (Phi) is 2.42. The summed E-state index contributed by atoms with van der Waals surface area (Å²) in [6.45, 7) is 1.45. The summed E-state index contributed by atoms with van der Waals surface area (Å²) in [6.07, 6.45) is 0.981. The van der Waals surface area contributed by atoms with Gasteiger partial charge in [-0.1, -0.05) is 42.5 Å². The Morgan fingerprint density at radius 1 is 0.947 bits per heavy atom. The minimum Gasteiger partial charge on any atom is -0.375 e. The molecule has 1 aromatic heterocycles. The van der Waals surface area contributed by atoms with Crippen molar-refractivity contribution in [2.24, 2.45) is 0 Å². The van der Waals surface area contributed by atoms with Crippen molar-refractivity contribution in [1.82, 2.24) is 4.98 Å². The summed E-state index contributed by atoms with van der Waals surface area (Å²) >= 11 is 0. The molecule has 4 rings (SSSR count). The summed E-state index contributed by atoms with van der Waals surface area (Å²) in [5.41, 5.74) is 6.40. The molecule has 2 heteroatoms. The molecule has 1 N–H and O–H groups in total. The van der Waals surface area contributed by atoms with Gasteiger partial charge in [0.2, 0.25) is 0 Å². The predicted octanol–water partition coefficient (Wildman–Crippen LogP) is 3.91. The van der Waals surface area contributed by atoms with Gasteiger partial charge in [0, 0.05) is 22.2 Å². The first-order chi connectivity index (χ1) is 9.43. The second-order valence-electron chi connectivity index (χ2n) is 4.98. The zero-order chi connectivity index (χ0) is 12.7. The van der Waals surface area contributed by atoms with E-state index in [2.05, 4.69) is 53.5 Å². The van der Waals surface area contributed by atoms with E-state index >= 15 is 0 Å². The number of ether oxygens (including phenoxy) is 1. The lowest BCUT2D eigenvalue weighted by Crippen LogP contribution is -2.05. The van der Waals surface area contributed by atoms with Crippen LogP contribution in [0.25, 0.3) is 22.0 Å². The third-order valence-electron chi connectivity index (χ3n) is 3.83. The van der Waals surface area contributed by atoms with Gasteiger partial charge in [0.15, 0.2) is 0 Å². The van der Waals surface area contributed by atoms with Gasteiger partial charge in [0.1, 0.15) is 0 Å². The molecule has 0 amide bonds. The number of hydrogen-bond acceptors (Lipinski definition) is 1. The van der Waals surface area contributed by atoms with Crippen LogP contribution in [0.3, 0.4) is 0 Å². The zero-order valence-corrected chi connectivity index (χ0v) is 10.6. The lowest BCUT2D eigenvalue weighted by atomic mass is 9.95. The summed E-state index contributed by atoms with van der Waals surface area (Å²) in [5, 5.41) is 1.29. The lowest BCUT2D eigenvalue weighted by Gasteiger charge is -2.15. The van der Waals surface area contributed by atoms with Crippen LogP contribution in [0, 0.1) is 0 Å². The molecular formula is C17H15NO. The number of benzene rings is 2. The van der Waals surface area contributed by atoms with Crippen molar-refractivity contribution in [2.75, 3.05) is 6.61 Å². The molecular weight excluding hydrogens is 234 g/mol. The number of aromatic amines is 1. The Balaban J connectivity index is 2.09. The maximum atomic E-state index is 5.76. The van der Waals surface area contributed by atoms with Crippen LogP contribution in [0.2, 0.25) is 0 Å². The van der Waals surface area contributed by atoms with E-state index in [0.29, 0.717) is 6.61 Å². The third kappa shape index (κ3) is 1.68. The highest BCUT2D eigenvalue weighted by Crippen LogP contribution is 2.36. The molecule has 0 radical (unpaired) electrons. The first kappa shape index (κ1) is 10.8. The van der Waals surface area contributed by atoms with Gasteiger partial charge in [0.25, 0.3) is 0 Å². The second kappa shape index (κ2) is 4.25. The lowest BCUT2D eigenvalue weighted by molar-refractivity contribution is 0.121. The monoisotopic (exact) mass is 249 g/mol. The van der Waals surface area contributed by atoms with Gasteiger partial charge < -0.3 is 9.72 Å². The van der Waals surface area contributed by atoms with E-state index in [4.69, 9.17) is 4.74 Å². The number of para-hydroxylation sites is 1. The highest BCUT2D eigenvalue weighted by atomic mass is 16.5. The molecule has 0 unspecified atom stereocenters. The van der Waals surface area contributed by atoms with Crippen LogP contribution >= 0.6 is 0 Å². The summed E-state index contributed by atoms with van der Waals surface area (Å²) in [7, 11) is 0. The summed E-state index contributed by atoms with van der Waals surface area (Å²) in [5.74, 6) is 0. The van der Waals surface area contributed by atoms with Crippen molar-refractivity contribution in [1.29, 1.82) is 0 Å². The van der Waals surface area contributed by atoms with Crippen LogP contribution < -0.4 is 0 Å². The quantitative estimate of drug-likeness (QED) is 0.642. The number of rotatable bonds is 0. The smallest absolute Gasteiger partial charge is 0.0872 e. The second-order valence-corrected chi connectivity index (χ2v) is 4.98. The van der Waals surface area contributed by atoms with Crippen molar-refractivity contribution in [2.45, 2.75) is 13.0 Å². The largest absolute Gasteiger partial charge is 0.375 e. The molecule has 2 aromatic carbocycles. The standard InChI is InChI=1S/C17H15NO/c1-2-6-13-12(5-1)9-10-19-11-16-17(13)14-7-3-4-8-15(14)18-16/h1-8,18H,9-11H2. The van der Waals surface area contributed by atoms with Crippen molar-refractivity contribution < 1.29 is 4.74 Å². The number of aromatic nitrogens is 1. The first-order valence-corrected chi connectivity index (χ1v) is 6.69. The van der Waals surface area contributed by atoms with Crippen LogP contribution in [0.15, 0.2) is 48.5 Å². The fourth-order valence-corrected chi connectivity index (χ4v) is 2.95. The maximum absolute atomic E-state index is 5.76. The summed E-state index contributed by atoms with van der Waals surface area (Å²) in [6, 6.07) is 17.1. The van der Waals surface area contributed by atoms with Crippen molar-refractivity contribution in [3.8, 4) is 11.1 Å². The molecule has 0 spiro atoms. The summed E-state index contributed by atoms with van der Waals surface area (Å²) < 4.78 is 5.76. The third-order valence-corrected chi connectivity index (χ3v) is 3.83. The van der Waals surface area contributed by atoms with Gasteiger partial charge in [-0.15, -0.1) is 0 Å². The van der Waals surface area contributed by atoms with Gasteiger partial charge in [-0.25, -0.2) is 0 Å². The number of H-pyrrole nitrogens is 1. The number of nitrogens with one attached hydrogen (secondary N) is 1. The molecule has 0 fully saturated rings. The predicted molar refractivity (Wildman–Crippen MR) is 77.1 cm³/mol. The average Bonchev–Trinajstić information content (AvgIpc) is 2.79. The molecule has 2 nitrogen and oxygen atoms in total. The van der Waals surface area contributed by atoms with Crippen LogP contribution in [-0.4, -0.2) is 11.6 Å². The van der Waals surface area contributed by atoms with Gasteiger partial charge in [-0.05, 0) is 23.6 Å². The minimum atomic E-state index is 0.665. The molecule has 0 atom stereocenters. The van der Waals surface area contributed by atoms with Crippen LogP contribution in [0.4, 0.5) is 0 Å². The molecule has 0 saturated carbocycles. The Bertz CT molecular complexity index is 742. The van der Waals surface area contributed by atoms with E-state index in [1.807, 2.05) is 0 Å². The van der Waals surface area contributed by atoms with Crippen LogP contribution in [0.5, 0.6) is 0 Å². The van der Waals surface area contributed by atoms with Gasteiger partial charge in [-0.2, -0.15) is 0 Å². The van der Waals surface area contributed by atoms with Gasteiger partial charge in [-0.3, -0.25) is 0 Å². The molecule has 3 aromatic rings. The molecule has 19 heavy (non-hydrogen) atoms. The van der Waals surface area contributed by atoms with Gasteiger partial charge >= 0.3 is 0 Å². The zero-order valence-electron chi connectivity index (χ0n) is 10.6. The minimum absolute atomic E-state index is 0.665. The topological polar surface area (TPSA) is 25.0 Å². The molecule has 1 aliphatic heterocycles. The normalized spacial score (nSPS) is 14.5. The maximum Gasteiger partial charge on any atom is 0.0872 e. The van der Waals surface area contributed by atoms with E-state index in [1.165, 1.54) is 33.3 Å².